The molecule has 9 heteroatoms. The zero-order chi connectivity index (χ0) is 28.4. The van der Waals surface area contributed by atoms with E-state index in [-0.39, 0.29) is 11.6 Å². The van der Waals surface area contributed by atoms with Gasteiger partial charge in [-0.15, -0.1) is 0 Å². The van der Waals surface area contributed by atoms with Crippen LogP contribution in [-0.2, 0) is 11.9 Å². The summed E-state index contributed by atoms with van der Waals surface area (Å²) in [6, 6.07) is 32.0. The third kappa shape index (κ3) is 6.19. The Kier molecular flexibility index (Phi) is 8.13. The number of benzene rings is 5. The van der Waals surface area contributed by atoms with Crippen molar-refractivity contribution in [3.8, 4) is 11.5 Å². The Morgan fingerprint density at radius 2 is 1.29 bits per heavy atom. The normalized spacial score (nSPS) is 16.2. The molecule has 1 aliphatic rings. The number of phenols is 1. The molecule has 204 valence electrons. The molecule has 0 aromatic heterocycles. The van der Waals surface area contributed by atoms with Gasteiger partial charge in [-0.25, -0.2) is 0 Å². The predicted octanol–water partition coefficient (Wildman–Crippen LogP) is 8.70. The summed E-state index contributed by atoms with van der Waals surface area (Å²) in [6.07, 6.45) is 1.58. The molecule has 41 heavy (non-hydrogen) atoms. The minimum atomic E-state index is -4.53. The number of rotatable bonds is 5. The van der Waals surface area contributed by atoms with E-state index < -0.39 is 19.2 Å². The van der Waals surface area contributed by atoms with Gasteiger partial charge in [0.05, 0.1) is 0 Å². The predicted molar refractivity (Wildman–Crippen MR) is 169 cm³/mol. The van der Waals surface area contributed by atoms with Crippen molar-refractivity contribution in [2.45, 2.75) is 8.87 Å². The molecule has 0 saturated heterocycles. The van der Waals surface area contributed by atoms with Crippen LogP contribution in [0.3, 0.4) is 0 Å². The summed E-state index contributed by atoms with van der Waals surface area (Å²) in [7, 11) is 0. The topological polar surface area (TPSA) is 63.4 Å². The van der Waals surface area contributed by atoms with Crippen molar-refractivity contribution in [2.75, 3.05) is 0 Å². The number of aromatic hydroxyl groups is 1. The zero-order valence-electron chi connectivity index (χ0n) is 21.6. The van der Waals surface area contributed by atoms with Crippen molar-refractivity contribution in [3.05, 3.63) is 140 Å². The van der Waals surface area contributed by atoms with Crippen molar-refractivity contribution in [1.29, 1.82) is 0 Å². The van der Waals surface area contributed by atoms with Crippen LogP contribution >= 0.6 is 34.8 Å². The van der Waals surface area contributed by atoms with Gasteiger partial charge >= 0.3 is 259 Å². The Morgan fingerprint density at radius 3 is 1.95 bits per heavy atom. The van der Waals surface area contributed by atoms with Gasteiger partial charge in [0.1, 0.15) is 0 Å². The van der Waals surface area contributed by atoms with E-state index in [0.29, 0.717) is 40.8 Å². The average molecular weight is 709 g/mol. The fourth-order valence-corrected chi connectivity index (χ4v) is 15.6. The molecule has 0 radical (unpaired) electrons. The molecule has 1 aliphatic heterocycles. The second-order valence-corrected chi connectivity index (χ2v) is 19.3. The number of phenolic OH excluding ortho intramolecular Hbond substituents is 1. The number of nitrogens with zero attached hydrogens (tertiary/aromatic N) is 2. The SMILES string of the molecule is Oc1cc2ccccc2cc1/C1=N/N=C/c2cc(Cl)ccc2[O][Sn]([CH2]c2ccccc2Cl)([CH2]c2ccccc2Cl)[O]1. The molecule has 1 heterocycles. The zero-order valence-corrected chi connectivity index (χ0v) is 26.7. The van der Waals surface area contributed by atoms with E-state index in [2.05, 4.69) is 10.2 Å². The van der Waals surface area contributed by atoms with Gasteiger partial charge < -0.3 is 0 Å². The van der Waals surface area contributed by atoms with E-state index in [9.17, 15) is 5.11 Å². The van der Waals surface area contributed by atoms with Crippen LogP contribution in [0, 0.1) is 0 Å². The first-order chi connectivity index (χ1) is 19.9. The molecule has 0 saturated carbocycles. The molecule has 0 amide bonds. The molecule has 0 atom stereocenters. The van der Waals surface area contributed by atoms with Gasteiger partial charge in [-0.1, -0.05) is 0 Å². The summed E-state index contributed by atoms with van der Waals surface area (Å²) in [4.78, 5) is 0. The van der Waals surface area contributed by atoms with Gasteiger partial charge in [-0.2, -0.15) is 0 Å². The van der Waals surface area contributed by atoms with Crippen LogP contribution in [-0.4, -0.2) is 36.4 Å². The van der Waals surface area contributed by atoms with Crippen molar-refractivity contribution >= 4 is 76.9 Å². The quantitative estimate of drug-likeness (QED) is 0.186. The molecule has 6 rings (SSSR count). The van der Waals surface area contributed by atoms with Gasteiger partial charge in [-0.3, -0.25) is 0 Å². The molecular weight excluding hydrogens is 685 g/mol. The van der Waals surface area contributed by atoms with Crippen LogP contribution in [0.1, 0.15) is 22.3 Å². The molecule has 0 spiro atoms. The summed E-state index contributed by atoms with van der Waals surface area (Å²) in [6.45, 7) is 0. The molecule has 0 unspecified atom stereocenters. The molecule has 5 aromatic rings. The van der Waals surface area contributed by atoms with Gasteiger partial charge in [0.2, 0.25) is 0 Å². The minimum absolute atomic E-state index is 0.0214. The van der Waals surface area contributed by atoms with Crippen LogP contribution < -0.4 is 3.07 Å². The van der Waals surface area contributed by atoms with Gasteiger partial charge in [0, 0.05) is 0 Å². The summed E-state index contributed by atoms with van der Waals surface area (Å²) in [5.74, 6) is 0.763. The molecule has 5 nitrogen and oxygen atoms in total. The summed E-state index contributed by atoms with van der Waals surface area (Å²) in [5.41, 5.74) is 2.84. The fraction of sp³-hybridized carbons (Fsp3) is 0.0625. The van der Waals surface area contributed by atoms with Gasteiger partial charge in [0.25, 0.3) is 0 Å². The van der Waals surface area contributed by atoms with E-state index in [1.807, 2.05) is 84.9 Å². The second kappa shape index (κ2) is 11.9. The number of hydrogen-bond acceptors (Lipinski definition) is 5. The first-order valence-electron chi connectivity index (χ1n) is 12.9. The summed E-state index contributed by atoms with van der Waals surface area (Å²) in [5, 5.41) is 23.5. The third-order valence-corrected chi connectivity index (χ3v) is 16.4. The molecule has 0 bridgehead atoms. The van der Waals surface area contributed by atoms with Gasteiger partial charge in [-0.05, 0) is 0 Å². The summed E-state index contributed by atoms with van der Waals surface area (Å²) < 4.78 is 14.9. The van der Waals surface area contributed by atoms with Gasteiger partial charge in [0.15, 0.2) is 0 Å². The first kappa shape index (κ1) is 27.9. The third-order valence-electron chi connectivity index (χ3n) is 6.83. The van der Waals surface area contributed by atoms with Crippen molar-refractivity contribution in [1.82, 2.24) is 0 Å². The Bertz CT molecular complexity index is 1780. The van der Waals surface area contributed by atoms with Crippen molar-refractivity contribution < 1.29 is 11.3 Å². The standard InChI is InChI=1S/C18H13ClN2O3.2C7H6Cl.Sn/c19-14-5-6-16(22)13(7-14)10-20-21-18(24)15-8-11-3-1-2-4-12(11)9-17(15)23;2*1-6-4-2-3-5-7(6)8;/h1-10,22-23H,(H,21,24);2*2-5H,1H2;/q;;;+2/p-2/b20-10+;;;. The number of halogens is 3. The Hall–Kier alpha value is -3.23. The second-order valence-electron chi connectivity index (χ2n) is 9.70. The van der Waals surface area contributed by atoms with E-state index in [1.54, 1.807) is 24.4 Å². The Labute approximate surface area is 257 Å². The molecule has 5 aromatic carbocycles. The molecule has 1 N–H and O–H groups in total. The fourth-order valence-electron chi connectivity index (χ4n) is 4.85. The molecule has 0 aliphatic carbocycles. The maximum atomic E-state index is 11.2. The average Bonchev–Trinajstić information content (AvgIpc) is 3.03. The maximum absolute atomic E-state index is 11.2. The Balaban J connectivity index is 1.57. The van der Waals surface area contributed by atoms with E-state index in [4.69, 9.17) is 41.0 Å². The van der Waals surface area contributed by atoms with E-state index in [1.165, 1.54) is 0 Å². The monoisotopic (exact) mass is 708 g/mol. The first-order valence-corrected chi connectivity index (χ1v) is 20.4. The molecular formula is C32H23Cl3N2O3Sn. The Morgan fingerprint density at radius 1 is 0.683 bits per heavy atom. The van der Waals surface area contributed by atoms with Crippen LogP contribution in [0.2, 0.25) is 15.1 Å². The molecule has 0 fully saturated rings. The summed E-state index contributed by atoms with van der Waals surface area (Å²) >= 11 is 15.2. The van der Waals surface area contributed by atoms with E-state index in [0.717, 1.165) is 21.9 Å². The van der Waals surface area contributed by atoms with Crippen LogP contribution in [0.5, 0.6) is 11.5 Å². The number of hydrogen-bond donors (Lipinski definition) is 1. The number of fused-ring (bicyclic) bond motifs is 2. The van der Waals surface area contributed by atoms with Crippen molar-refractivity contribution in [2.24, 2.45) is 10.2 Å². The van der Waals surface area contributed by atoms with E-state index >= 15 is 0 Å². The van der Waals surface area contributed by atoms with Crippen LogP contribution in [0.15, 0.2) is 113 Å². The van der Waals surface area contributed by atoms with Crippen LogP contribution in [0.4, 0.5) is 0 Å². The van der Waals surface area contributed by atoms with Crippen LogP contribution in [0.25, 0.3) is 10.8 Å². The van der Waals surface area contributed by atoms with Crippen molar-refractivity contribution in [3.63, 3.8) is 0 Å².